The van der Waals surface area contributed by atoms with Gasteiger partial charge in [0, 0.05) is 25.1 Å². The third-order valence-corrected chi connectivity index (χ3v) is 4.69. The van der Waals surface area contributed by atoms with Gasteiger partial charge in [-0.2, -0.15) is 0 Å². The van der Waals surface area contributed by atoms with Crippen LogP contribution in [0.15, 0.2) is 54.6 Å². The molecule has 134 valence electrons. The zero-order chi connectivity index (χ0) is 17.9. The van der Waals surface area contributed by atoms with Crippen molar-refractivity contribution in [2.24, 2.45) is 12.8 Å². The molecule has 1 heterocycles. The molecule has 1 aliphatic carbocycles. The Morgan fingerprint density at radius 1 is 1.00 bits per heavy atom. The second-order valence-corrected chi connectivity index (χ2v) is 6.64. The highest BCUT2D eigenvalue weighted by Gasteiger charge is 2.31. The van der Waals surface area contributed by atoms with E-state index in [1.165, 1.54) is 0 Å². The minimum atomic E-state index is 0.295. The molecule has 1 saturated carbocycles. The molecular weight excluding hydrogens is 328 g/mol. The highest BCUT2D eigenvalue weighted by atomic mass is 16.5. The normalized spacial score (nSPS) is 19.0. The van der Waals surface area contributed by atoms with Gasteiger partial charge in [-0.3, -0.25) is 0 Å². The second kappa shape index (κ2) is 7.17. The Labute approximate surface area is 152 Å². The third-order valence-electron chi connectivity index (χ3n) is 4.69. The standard InChI is InChI=1S/C20H22N4O2/c1-24-19(22-23-20(24)14-10-15(21)11-14)13-25-17-8-5-9-18(12-17)26-16-6-3-2-4-7-16/h2-9,12,14-15H,10-11,13,21H2,1H3. The molecule has 0 spiro atoms. The Hall–Kier alpha value is -2.86. The van der Waals surface area contributed by atoms with Crippen molar-refractivity contribution in [3.63, 3.8) is 0 Å². The minimum Gasteiger partial charge on any atom is -0.485 e. The van der Waals surface area contributed by atoms with Crippen LogP contribution in [-0.2, 0) is 13.7 Å². The van der Waals surface area contributed by atoms with Gasteiger partial charge in [0.05, 0.1) is 0 Å². The maximum Gasteiger partial charge on any atom is 0.170 e. The third kappa shape index (κ3) is 3.55. The molecule has 1 fully saturated rings. The number of ether oxygens (including phenoxy) is 2. The molecule has 0 saturated heterocycles. The maximum absolute atomic E-state index is 5.89. The van der Waals surface area contributed by atoms with Crippen LogP contribution in [0.1, 0.15) is 30.4 Å². The number of para-hydroxylation sites is 1. The summed E-state index contributed by atoms with van der Waals surface area (Å²) in [4.78, 5) is 0. The van der Waals surface area contributed by atoms with Crippen LogP contribution < -0.4 is 15.2 Å². The molecule has 1 aromatic heterocycles. The fourth-order valence-electron chi connectivity index (χ4n) is 3.13. The summed E-state index contributed by atoms with van der Waals surface area (Å²) in [6, 6.07) is 17.6. The number of nitrogens with zero attached hydrogens (tertiary/aromatic N) is 3. The van der Waals surface area contributed by atoms with E-state index >= 15 is 0 Å². The zero-order valence-electron chi connectivity index (χ0n) is 14.7. The Morgan fingerprint density at radius 3 is 2.50 bits per heavy atom. The molecule has 26 heavy (non-hydrogen) atoms. The first-order valence-electron chi connectivity index (χ1n) is 8.78. The van der Waals surface area contributed by atoms with Crippen molar-refractivity contribution in [3.8, 4) is 17.2 Å². The fourth-order valence-corrected chi connectivity index (χ4v) is 3.13. The number of aromatic nitrogens is 3. The summed E-state index contributed by atoms with van der Waals surface area (Å²) >= 11 is 0. The van der Waals surface area contributed by atoms with Gasteiger partial charge in [0.15, 0.2) is 5.82 Å². The monoisotopic (exact) mass is 350 g/mol. The lowest BCUT2D eigenvalue weighted by Crippen LogP contribution is -2.36. The summed E-state index contributed by atoms with van der Waals surface area (Å²) in [5.41, 5.74) is 5.87. The molecule has 0 atom stereocenters. The van der Waals surface area contributed by atoms with Gasteiger partial charge in [-0.05, 0) is 37.1 Å². The molecule has 0 amide bonds. The van der Waals surface area contributed by atoms with Crippen LogP contribution in [-0.4, -0.2) is 20.8 Å². The highest BCUT2D eigenvalue weighted by Crippen LogP contribution is 2.34. The Morgan fingerprint density at radius 2 is 1.73 bits per heavy atom. The SMILES string of the molecule is Cn1c(COc2cccc(Oc3ccccc3)c2)nnc1C1CC(N)C1. The maximum atomic E-state index is 5.89. The average molecular weight is 350 g/mol. The first kappa shape index (κ1) is 16.6. The van der Waals surface area contributed by atoms with E-state index in [0.29, 0.717) is 18.6 Å². The van der Waals surface area contributed by atoms with Crippen molar-refractivity contribution >= 4 is 0 Å². The number of hydrogen-bond acceptors (Lipinski definition) is 5. The van der Waals surface area contributed by atoms with Crippen LogP contribution >= 0.6 is 0 Å². The molecule has 0 bridgehead atoms. The van der Waals surface area contributed by atoms with E-state index in [2.05, 4.69) is 10.2 Å². The average Bonchev–Trinajstić information content (AvgIpc) is 2.99. The van der Waals surface area contributed by atoms with Crippen LogP contribution in [0.3, 0.4) is 0 Å². The summed E-state index contributed by atoms with van der Waals surface area (Å²) in [6.45, 7) is 0.358. The van der Waals surface area contributed by atoms with Gasteiger partial charge in [-0.25, -0.2) is 0 Å². The van der Waals surface area contributed by atoms with Crippen molar-refractivity contribution in [3.05, 3.63) is 66.2 Å². The largest absolute Gasteiger partial charge is 0.485 e. The van der Waals surface area contributed by atoms with E-state index in [9.17, 15) is 0 Å². The summed E-state index contributed by atoms with van der Waals surface area (Å²) in [6.07, 6.45) is 1.96. The number of hydrogen-bond donors (Lipinski definition) is 1. The van der Waals surface area contributed by atoms with Gasteiger partial charge < -0.3 is 19.8 Å². The Bertz CT molecular complexity index is 873. The number of benzene rings is 2. The van der Waals surface area contributed by atoms with Crippen LogP contribution in [0.2, 0.25) is 0 Å². The lowest BCUT2D eigenvalue weighted by Gasteiger charge is -2.31. The van der Waals surface area contributed by atoms with Crippen LogP contribution in [0.5, 0.6) is 17.2 Å². The van der Waals surface area contributed by atoms with Crippen LogP contribution in [0.4, 0.5) is 0 Å². The highest BCUT2D eigenvalue weighted by molar-refractivity contribution is 5.36. The summed E-state index contributed by atoms with van der Waals surface area (Å²) in [5, 5.41) is 8.58. The Balaban J connectivity index is 1.40. The number of rotatable bonds is 6. The summed E-state index contributed by atoms with van der Waals surface area (Å²) in [5.74, 6) is 4.46. The van der Waals surface area contributed by atoms with Crippen molar-refractivity contribution in [1.82, 2.24) is 14.8 Å². The van der Waals surface area contributed by atoms with E-state index in [1.54, 1.807) is 0 Å². The van der Waals surface area contributed by atoms with Gasteiger partial charge >= 0.3 is 0 Å². The molecule has 3 aromatic rings. The predicted octanol–water partition coefficient (Wildman–Crippen LogP) is 3.39. The smallest absolute Gasteiger partial charge is 0.170 e. The lowest BCUT2D eigenvalue weighted by molar-refractivity contribution is 0.287. The van der Waals surface area contributed by atoms with E-state index in [4.69, 9.17) is 15.2 Å². The summed E-state index contributed by atoms with van der Waals surface area (Å²) in [7, 11) is 1.98. The minimum absolute atomic E-state index is 0.295. The van der Waals surface area contributed by atoms with Gasteiger partial charge in [-0.1, -0.05) is 24.3 Å². The van der Waals surface area contributed by atoms with Gasteiger partial charge in [0.25, 0.3) is 0 Å². The second-order valence-electron chi connectivity index (χ2n) is 6.64. The molecule has 6 heteroatoms. The molecule has 6 nitrogen and oxygen atoms in total. The van der Waals surface area contributed by atoms with Crippen molar-refractivity contribution in [2.75, 3.05) is 0 Å². The van der Waals surface area contributed by atoms with Gasteiger partial charge in [0.1, 0.15) is 29.7 Å². The van der Waals surface area contributed by atoms with Crippen molar-refractivity contribution < 1.29 is 9.47 Å². The molecule has 2 N–H and O–H groups in total. The quantitative estimate of drug-likeness (QED) is 0.737. The first-order chi connectivity index (χ1) is 12.7. The predicted molar refractivity (Wildman–Crippen MR) is 98.2 cm³/mol. The van der Waals surface area contributed by atoms with Crippen LogP contribution in [0, 0.1) is 0 Å². The molecule has 2 aromatic carbocycles. The van der Waals surface area contributed by atoms with E-state index in [-0.39, 0.29) is 0 Å². The van der Waals surface area contributed by atoms with E-state index < -0.39 is 0 Å². The van der Waals surface area contributed by atoms with Crippen molar-refractivity contribution in [1.29, 1.82) is 0 Å². The van der Waals surface area contributed by atoms with E-state index in [0.717, 1.165) is 41.7 Å². The van der Waals surface area contributed by atoms with Crippen molar-refractivity contribution in [2.45, 2.75) is 31.4 Å². The molecule has 0 aliphatic heterocycles. The summed E-state index contributed by atoms with van der Waals surface area (Å²) < 4.78 is 13.7. The molecule has 1 aliphatic rings. The molecular formula is C20H22N4O2. The van der Waals surface area contributed by atoms with Gasteiger partial charge in [0.2, 0.25) is 0 Å². The number of nitrogens with two attached hydrogens (primary N) is 1. The fraction of sp³-hybridized carbons (Fsp3) is 0.300. The topological polar surface area (TPSA) is 75.2 Å². The zero-order valence-corrected chi connectivity index (χ0v) is 14.7. The van der Waals surface area contributed by atoms with E-state index in [1.807, 2.05) is 66.2 Å². The molecule has 0 radical (unpaired) electrons. The molecule has 4 rings (SSSR count). The molecule has 0 unspecified atom stereocenters. The lowest BCUT2D eigenvalue weighted by atomic mass is 9.80. The first-order valence-corrected chi connectivity index (χ1v) is 8.78. The van der Waals surface area contributed by atoms with Crippen LogP contribution in [0.25, 0.3) is 0 Å². The Kier molecular flexibility index (Phi) is 4.58. The van der Waals surface area contributed by atoms with Gasteiger partial charge in [-0.15, -0.1) is 10.2 Å².